The normalized spacial score (nSPS) is 19.2. The molecule has 25 heavy (non-hydrogen) atoms. The molecule has 0 bridgehead atoms. The van der Waals surface area contributed by atoms with E-state index in [2.05, 4.69) is 17.6 Å². The molecule has 1 amide bonds. The van der Waals surface area contributed by atoms with Gasteiger partial charge in [-0.3, -0.25) is 15.5 Å². The molecule has 4 N–H and O–H groups in total. The highest BCUT2D eigenvalue weighted by atomic mass is 35.5. The van der Waals surface area contributed by atoms with E-state index in [1.54, 1.807) is 24.3 Å². The third-order valence-electron chi connectivity index (χ3n) is 4.55. The summed E-state index contributed by atoms with van der Waals surface area (Å²) < 4.78 is 5.95. The van der Waals surface area contributed by atoms with Gasteiger partial charge < -0.3 is 15.0 Å². The van der Waals surface area contributed by atoms with Crippen molar-refractivity contribution >= 4 is 29.4 Å². The summed E-state index contributed by atoms with van der Waals surface area (Å²) in [6.45, 7) is 4.92. The Labute approximate surface area is 152 Å². The van der Waals surface area contributed by atoms with Gasteiger partial charge in [0.05, 0.1) is 13.3 Å². The lowest BCUT2D eigenvalue weighted by atomic mass is 10.2. The van der Waals surface area contributed by atoms with Crippen molar-refractivity contribution in [3.63, 3.8) is 0 Å². The summed E-state index contributed by atoms with van der Waals surface area (Å²) in [5.41, 5.74) is 1.38. The Morgan fingerprint density at radius 1 is 1.52 bits per heavy atom. The van der Waals surface area contributed by atoms with Crippen LogP contribution in [0.3, 0.4) is 0 Å². The third kappa shape index (κ3) is 4.52. The lowest BCUT2D eigenvalue weighted by Gasteiger charge is -2.21. The van der Waals surface area contributed by atoms with E-state index in [9.17, 15) is 4.79 Å². The highest BCUT2D eigenvalue weighted by Gasteiger charge is 2.39. The maximum Gasteiger partial charge on any atom is 0.293 e. The van der Waals surface area contributed by atoms with E-state index in [0.29, 0.717) is 29.7 Å². The number of nitrogens with one attached hydrogen (secondary N) is 2. The molecule has 0 spiro atoms. The second-order valence-electron chi connectivity index (χ2n) is 6.87. The minimum absolute atomic E-state index is 0.157. The fraction of sp³-hybridized carbons (Fsp3) is 0.444. The van der Waals surface area contributed by atoms with Gasteiger partial charge in [-0.2, -0.15) is 0 Å². The van der Waals surface area contributed by atoms with Gasteiger partial charge in [-0.25, -0.2) is 0 Å². The number of hydrogen-bond acceptors (Lipinski definition) is 4. The molecule has 7 heteroatoms. The molecule has 1 aromatic carbocycles. The predicted molar refractivity (Wildman–Crippen MR) is 98.0 cm³/mol. The van der Waals surface area contributed by atoms with Crippen LogP contribution >= 0.6 is 11.6 Å². The molecular weight excluding hydrogens is 340 g/mol. The summed E-state index contributed by atoms with van der Waals surface area (Å²) in [4.78, 5) is 14.9. The highest BCUT2D eigenvalue weighted by molar-refractivity contribution is 6.30. The number of nitrogens with two attached hydrogens (primary N) is 1. The number of allylic oxidation sites excluding steroid dienone is 1. The number of nitrogens with zero attached hydrogens (tertiary/aromatic N) is 1. The number of halogens is 1. The van der Waals surface area contributed by atoms with Crippen LogP contribution in [0.15, 0.2) is 35.7 Å². The lowest BCUT2D eigenvalue weighted by molar-refractivity contribution is -0.117. The molecule has 0 radical (unpaired) electrons. The van der Waals surface area contributed by atoms with Gasteiger partial charge in [0.2, 0.25) is 5.76 Å². The van der Waals surface area contributed by atoms with Crippen molar-refractivity contribution in [2.45, 2.75) is 19.8 Å². The first kappa shape index (κ1) is 17.8. The summed E-state index contributed by atoms with van der Waals surface area (Å²) in [5, 5.41) is 12.5. The fourth-order valence-corrected chi connectivity index (χ4v) is 2.84. The molecule has 2 fully saturated rings. The Morgan fingerprint density at radius 3 is 2.92 bits per heavy atom. The van der Waals surface area contributed by atoms with E-state index in [1.807, 2.05) is 4.90 Å². The first-order valence-electron chi connectivity index (χ1n) is 8.45. The Hall–Kier alpha value is -2.05. The van der Waals surface area contributed by atoms with Gasteiger partial charge in [-0.1, -0.05) is 24.6 Å². The van der Waals surface area contributed by atoms with Crippen LogP contribution in [-0.2, 0) is 9.53 Å². The van der Waals surface area contributed by atoms with Crippen molar-refractivity contribution in [2.75, 3.05) is 31.7 Å². The molecular formula is C18H24ClN4O2+. The zero-order valence-corrected chi connectivity index (χ0v) is 15.1. The molecule has 1 aromatic rings. The number of carbonyl (C=O) groups is 1. The van der Waals surface area contributed by atoms with Crippen molar-refractivity contribution in [1.29, 1.82) is 0 Å². The van der Waals surface area contributed by atoms with Crippen LogP contribution in [0, 0.1) is 5.41 Å². The van der Waals surface area contributed by atoms with Gasteiger partial charge in [0, 0.05) is 29.2 Å². The van der Waals surface area contributed by atoms with Crippen molar-refractivity contribution in [3.05, 3.63) is 40.7 Å². The number of benzene rings is 1. The summed E-state index contributed by atoms with van der Waals surface area (Å²) in [7, 11) is 0. The fourth-order valence-electron chi connectivity index (χ4n) is 2.65. The number of amides is 1. The predicted octanol–water partition coefficient (Wildman–Crippen LogP) is 0.999. The molecule has 1 saturated carbocycles. The summed E-state index contributed by atoms with van der Waals surface area (Å²) in [6, 6.07) is 7.02. The molecule has 134 valence electrons. The Kier molecular flexibility index (Phi) is 5.30. The minimum Gasteiger partial charge on any atom is -0.486 e. The quantitative estimate of drug-likeness (QED) is 0.383. The Bertz CT molecular complexity index is 694. The second-order valence-corrected chi connectivity index (χ2v) is 7.30. The number of carbonyl (C=O) groups excluding carboxylic acids is 1. The Balaban J connectivity index is 1.83. The van der Waals surface area contributed by atoms with Crippen LogP contribution in [0.1, 0.15) is 19.8 Å². The number of ether oxygens (including phenoxy) is 1. The van der Waals surface area contributed by atoms with Crippen LogP contribution in [0.5, 0.6) is 0 Å². The molecule has 1 heterocycles. The average Bonchev–Trinajstić information content (AvgIpc) is 3.09. The van der Waals surface area contributed by atoms with Gasteiger partial charge in [0.25, 0.3) is 5.91 Å². The number of anilines is 1. The van der Waals surface area contributed by atoms with E-state index in [-0.39, 0.29) is 17.1 Å². The molecule has 0 atom stereocenters. The molecule has 6 nitrogen and oxygen atoms in total. The van der Waals surface area contributed by atoms with Gasteiger partial charge in [0.1, 0.15) is 0 Å². The van der Waals surface area contributed by atoms with Crippen molar-refractivity contribution in [2.24, 2.45) is 5.41 Å². The van der Waals surface area contributed by atoms with E-state index in [4.69, 9.17) is 21.7 Å². The van der Waals surface area contributed by atoms with Gasteiger partial charge in [0.15, 0.2) is 11.9 Å². The van der Waals surface area contributed by atoms with Crippen LogP contribution in [-0.4, -0.2) is 43.4 Å². The minimum atomic E-state index is -0.324. The summed E-state index contributed by atoms with van der Waals surface area (Å²) >= 11 is 5.99. The largest absolute Gasteiger partial charge is 0.486 e. The highest BCUT2D eigenvalue weighted by Crippen LogP contribution is 2.45. The standard InChI is InChI=1S/C18H23ClN4O2/c1-18(5-6-18)11-25-16(15(10-20)23-8-7-21-12-23)17(24)22-14-4-2-3-13(19)9-14/h2-4,9-10,20-21H,5-8,11-12H2,1H3,(H,22,24)/p+1/b16-15-,20-10?. The Morgan fingerprint density at radius 2 is 2.32 bits per heavy atom. The van der Waals surface area contributed by atoms with Crippen LogP contribution in [0.2, 0.25) is 5.02 Å². The first-order chi connectivity index (χ1) is 12.0. The average molecular weight is 364 g/mol. The first-order valence-corrected chi connectivity index (χ1v) is 8.83. The van der Waals surface area contributed by atoms with Crippen LogP contribution in [0.4, 0.5) is 5.69 Å². The number of hydrogen-bond donors (Lipinski definition) is 3. The van der Waals surface area contributed by atoms with E-state index in [1.165, 1.54) is 6.21 Å². The van der Waals surface area contributed by atoms with Crippen molar-refractivity contribution < 1.29 is 14.9 Å². The molecule has 1 aliphatic carbocycles. The monoisotopic (exact) mass is 363 g/mol. The van der Waals surface area contributed by atoms with E-state index < -0.39 is 0 Å². The molecule has 0 aromatic heterocycles. The van der Waals surface area contributed by atoms with Crippen LogP contribution in [0.25, 0.3) is 0 Å². The number of rotatable bonds is 7. The maximum absolute atomic E-state index is 12.9. The SMILES string of the molecule is CC1(CO/C(C(=O)Nc2cccc(Cl)c2)=C(/C=[NH2+])N2CCNC2)CC1. The second kappa shape index (κ2) is 7.45. The zero-order valence-electron chi connectivity index (χ0n) is 14.3. The van der Waals surface area contributed by atoms with E-state index >= 15 is 0 Å². The molecule has 1 aliphatic heterocycles. The molecule has 2 aliphatic rings. The van der Waals surface area contributed by atoms with Crippen molar-refractivity contribution in [3.8, 4) is 0 Å². The van der Waals surface area contributed by atoms with Gasteiger partial charge in [-0.15, -0.1) is 0 Å². The molecule has 1 saturated heterocycles. The maximum atomic E-state index is 12.9. The smallest absolute Gasteiger partial charge is 0.293 e. The molecule has 3 rings (SSSR count). The van der Waals surface area contributed by atoms with Gasteiger partial charge in [-0.05, 0) is 31.0 Å². The van der Waals surface area contributed by atoms with E-state index in [0.717, 1.165) is 25.9 Å². The summed E-state index contributed by atoms with van der Waals surface area (Å²) in [6.07, 6.45) is 3.67. The topological polar surface area (TPSA) is 79.2 Å². The van der Waals surface area contributed by atoms with Crippen LogP contribution < -0.4 is 16.0 Å². The third-order valence-corrected chi connectivity index (χ3v) is 4.78. The lowest BCUT2D eigenvalue weighted by Crippen LogP contribution is -2.38. The zero-order chi connectivity index (χ0) is 17.9. The summed E-state index contributed by atoms with van der Waals surface area (Å²) in [5.74, 6) is -0.0746. The molecule has 0 unspecified atom stereocenters. The van der Waals surface area contributed by atoms with Gasteiger partial charge >= 0.3 is 0 Å². The van der Waals surface area contributed by atoms with Crippen molar-refractivity contribution in [1.82, 2.24) is 10.2 Å².